The minimum absolute atomic E-state index is 0.184. The quantitative estimate of drug-likeness (QED) is 0.649. The van der Waals surface area contributed by atoms with Gasteiger partial charge in [-0.2, -0.15) is 0 Å². The lowest BCUT2D eigenvalue weighted by Crippen LogP contribution is -2.12. The molecule has 25 heavy (non-hydrogen) atoms. The average molecular weight is 335 g/mol. The van der Waals surface area contributed by atoms with Crippen LogP contribution in [0.3, 0.4) is 0 Å². The van der Waals surface area contributed by atoms with Crippen LogP contribution in [0.25, 0.3) is 10.8 Å². The zero-order valence-corrected chi connectivity index (χ0v) is 14.0. The van der Waals surface area contributed by atoms with E-state index in [0.717, 1.165) is 34.9 Å². The normalized spacial score (nSPS) is 10.6. The molecule has 4 heteroatoms. The summed E-state index contributed by atoms with van der Waals surface area (Å²) in [7, 11) is 0. The molecular weight excluding hydrogens is 314 g/mol. The van der Waals surface area contributed by atoms with Crippen molar-refractivity contribution in [1.29, 1.82) is 0 Å². The van der Waals surface area contributed by atoms with Gasteiger partial charge in [0, 0.05) is 0 Å². The van der Waals surface area contributed by atoms with Crippen molar-refractivity contribution in [3.63, 3.8) is 0 Å². The summed E-state index contributed by atoms with van der Waals surface area (Å²) in [6, 6.07) is 22.3. The summed E-state index contributed by atoms with van der Waals surface area (Å²) in [6.45, 7) is 0.869. The van der Waals surface area contributed by atoms with E-state index in [-0.39, 0.29) is 6.61 Å². The molecule has 0 fully saturated rings. The first-order valence-corrected chi connectivity index (χ1v) is 8.32. The smallest absolute Gasteiger partial charge is 0.404 e. The predicted octanol–water partition coefficient (Wildman–Crippen LogP) is 4.45. The number of ether oxygens (including phenoxy) is 2. The van der Waals surface area contributed by atoms with Gasteiger partial charge in [0.05, 0.1) is 6.61 Å². The summed E-state index contributed by atoms with van der Waals surface area (Å²) < 4.78 is 10.7. The van der Waals surface area contributed by atoms with Crippen LogP contribution in [0.15, 0.2) is 66.7 Å². The number of rotatable bonds is 7. The van der Waals surface area contributed by atoms with Crippen molar-refractivity contribution in [3.05, 3.63) is 77.9 Å². The molecule has 0 unspecified atom stereocenters. The Balaban J connectivity index is 1.55. The molecule has 3 aromatic rings. The van der Waals surface area contributed by atoms with Gasteiger partial charge >= 0.3 is 6.09 Å². The van der Waals surface area contributed by atoms with E-state index in [1.807, 2.05) is 42.5 Å². The van der Waals surface area contributed by atoms with Crippen LogP contribution in [0.2, 0.25) is 0 Å². The Morgan fingerprint density at radius 2 is 1.64 bits per heavy atom. The van der Waals surface area contributed by atoms with Gasteiger partial charge in [0.1, 0.15) is 12.4 Å². The highest BCUT2D eigenvalue weighted by molar-refractivity contribution is 5.84. The maximum Gasteiger partial charge on any atom is 0.404 e. The van der Waals surface area contributed by atoms with Gasteiger partial charge in [-0.25, -0.2) is 4.79 Å². The summed E-state index contributed by atoms with van der Waals surface area (Å²) in [5.41, 5.74) is 7.22. The van der Waals surface area contributed by atoms with Crippen molar-refractivity contribution < 1.29 is 14.3 Å². The molecule has 128 valence electrons. The number of nitrogens with two attached hydrogens (primary N) is 1. The zero-order valence-electron chi connectivity index (χ0n) is 14.0. The van der Waals surface area contributed by atoms with Crippen molar-refractivity contribution >= 4 is 16.9 Å². The second-order valence-corrected chi connectivity index (χ2v) is 5.89. The number of aryl methyl sites for hydroxylation is 1. The molecule has 0 atom stereocenters. The number of primary amides is 1. The average Bonchev–Trinajstić information content (AvgIpc) is 2.64. The molecule has 0 heterocycles. The Kier molecular flexibility index (Phi) is 5.52. The number of hydrogen-bond donors (Lipinski definition) is 1. The summed E-state index contributed by atoms with van der Waals surface area (Å²) in [5.74, 6) is 0.863. The maximum atomic E-state index is 10.7. The number of benzene rings is 3. The second-order valence-electron chi connectivity index (χ2n) is 5.89. The number of carbonyl (C=O) groups is 1. The molecule has 0 saturated heterocycles. The topological polar surface area (TPSA) is 61.6 Å². The Labute approximate surface area is 147 Å². The van der Waals surface area contributed by atoms with Crippen LogP contribution in [-0.4, -0.2) is 12.7 Å². The largest absolute Gasteiger partial charge is 0.494 e. The van der Waals surface area contributed by atoms with Crippen molar-refractivity contribution in [2.75, 3.05) is 6.61 Å². The molecule has 3 rings (SSSR count). The molecule has 0 aliphatic rings. The number of fused-ring (bicyclic) bond motifs is 1. The van der Waals surface area contributed by atoms with E-state index in [0.29, 0.717) is 6.61 Å². The van der Waals surface area contributed by atoms with E-state index in [2.05, 4.69) is 24.3 Å². The van der Waals surface area contributed by atoms with Gasteiger partial charge in [-0.1, -0.05) is 48.5 Å². The number of carbonyl (C=O) groups excluding carboxylic acids is 1. The standard InChI is InChI=1S/C21H21NO3/c22-21(23)25-15-17-8-9-19-14-20(11-10-18(19)13-17)24-12-4-7-16-5-2-1-3-6-16/h1-3,5-6,8-11,13-14H,4,7,12,15H2,(H2,22,23). The van der Waals surface area contributed by atoms with E-state index in [4.69, 9.17) is 15.2 Å². The van der Waals surface area contributed by atoms with E-state index in [1.54, 1.807) is 0 Å². The van der Waals surface area contributed by atoms with Gasteiger partial charge in [0.15, 0.2) is 0 Å². The first-order valence-electron chi connectivity index (χ1n) is 8.32. The second kappa shape index (κ2) is 8.20. The van der Waals surface area contributed by atoms with Gasteiger partial charge in [0.2, 0.25) is 0 Å². The fourth-order valence-corrected chi connectivity index (χ4v) is 2.72. The predicted molar refractivity (Wildman–Crippen MR) is 98.6 cm³/mol. The summed E-state index contributed by atoms with van der Waals surface area (Å²) in [6.07, 6.45) is 1.22. The molecule has 0 aliphatic heterocycles. The molecular formula is C21H21NO3. The summed E-state index contributed by atoms with van der Waals surface area (Å²) >= 11 is 0. The third kappa shape index (κ3) is 4.98. The molecule has 0 spiro atoms. The van der Waals surface area contributed by atoms with Crippen LogP contribution in [0.4, 0.5) is 4.79 Å². The Morgan fingerprint density at radius 3 is 2.44 bits per heavy atom. The van der Waals surface area contributed by atoms with Crippen molar-refractivity contribution in [1.82, 2.24) is 0 Å². The molecule has 0 bridgehead atoms. The SMILES string of the molecule is NC(=O)OCc1ccc2cc(OCCCc3ccccc3)ccc2c1. The van der Waals surface area contributed by atoms with Crippen molar-refractivity contribution in [2.45, 2.75) is 19.4 Å². The van der Waals surface area contributed by atoms with Crippen molar-refractivity contribution in [3.8, 4) is 5.75 Å². The molecule has 4 nitrogen and oxygen atoms in total. The molecule has 0 saturated carbocycles. The lowest BCUT2D eigenvalue weighted by Gasteiger charge is -2.09. The van der Waals surface area contributed by atoms with E-state index >= 15 is 0 Å². The Hall–Kier alpha value is -3.01. The van der Waals surface area contributed by atoms with Crippen LogP contribution < -0.4 is 10.5 Å². The van der Waals surface area contributed by atoms with Gasteiger partial charge < -0.3 is 15.2 Å². The third-order valence-electron chi connectivity index (χ3n) is 3.98. The van der Waals surface area contributed by atoms with Crippen LogP contribution in [0, 0.1) is 0 Å². The minimum Gasteiger partial charge on any atom is -0.494 e. The Bertz CT molecular complexity index is 846. The van der Waals surface area contributed by atoms with Gasteiger partial charge in [-0.3, -0.25) is 0 Å². The monoisotopic (exact) mass is 335 g/mol. The summed E-state index contributed by atoms with van der Waals surface area (Å²) in [5, 5.41) is 2.16. The maximum absolute atomic E-state index is 10.7. The molecule has 1 amide bonds. The van der Waals surface area contributed by atoms with Crippen LogP contribution >= 0.6 is 0 Å². The lowest BCUT2D eigenvalue weighted by atomic mass is 10.1. The highest BCUT2D eigenvalue weighted by atomic mass is 16.5. The van der Waals surface area contributed by atoms with Gasteiger partial charge in [0.25, 0.3) is 0 Å². The molecule has 0 aromatic heterocycles. The van der Waals surface area contributed by atoms with Gasteiger partial charge in [-0.05, 0) is 52.9 Å². The number of hydrogen-bond acceptors (Lipinski definition) is 3. The molecule has 0 aliphatic carbocycles. The fraction of sp³-hybridized carbons (Fsp3) is 0.190. The first-order chi connectivity index (χ1) is 12.2. The van der Waals surface area contributed by atoms with Crippen LogP contribution in [-0.2, 0) is 17.8 Å². The minimum atomic E-state index is -0.764. The van der Waals surface area contributed by atoms with Gasteiger partial charge in [-0.15, -0.1) is 0 Å². The highest BCUT2D eigenvalue weighted by Gasteiger charge is 2.02. The molecule has 0 radical (unpaired) electrons. The van der Waals surface area contributed by atoms with Crippen molar-refractivity contribution in [2.24, 2.45) is 5.73 Å². The van der Waals surface area contributed by atoms with E-state index in [1.165, 1.54) is 5.56 Å². The van der Waals surface area contributed by atoms with E-state index in [9.17, 15) is 4.79 Å². The highest BCUT2D eigenvalue weighted by Crippen LogP contribution is 2.22. The molecule has 2 N–H and O–H groups in total. The van der Waals surface area contributed by atoms with Crippen LogP contribution in [0.1, 0.15) is 17.5 Å². The fourth-order valence-electron chi connectivity index (χ4n) is 2.72. The van der Waals surface area contributed by atoms with E-state index < -0.39 is 6.09 Å². The number of amides is 1. The first kappa shape index (κ1) is 16.8. The lowest BCUT2D eigenvalue weighted by molar-refractivity contribution is 0.150. The third-order valence-corrected chi connectivity index (χ3v) is 3.98. The van der Waals surface area contributed by atoms with Crippen LogP contribution in [0.5, 0.6) is 5.75 Å². The zero-order chi connectivity index (χ0) is 17.5. The molecule has 3 aromatic carbocycles. The summed E-state index contributed by atoms with van der Waals surface area (Å²) in [4.78, 5) is 10.7. The Morgan fingerprint density at radius 1 is 0.880 bits per heavy atom.